The van der Waals surface area contributed by atoms with Crippen molar-refractivity contribution in [3.8, 4) is 0 Å². The molecule has 128 valence electrons. The minimum Gasteiger partial charge on any atom is -0.543 e. The molecule has 0 aromatic heterocycles. The van der Waals surface area contributed by atoms with Gasteiger partial charge in [-0.15, -0.1) is 0 Å². The third-order valence-electron chi connectivity index (χ3n) is 4.32. The molecule has 0 unspecified atom stereocenters. The van der Waals surface area contributed by atoms with E-state index in [9.17, 15) is 0 Å². The molecule has 0 atom stereocenters. The Morgan fingerprint density at radius 1 is 0.909 bits per heavy atom. The van der Waals surface area contributed by atoms with Crippen LogP contribution < -0.4 is 0 Å². The Morgan fingerprint density at radius 2 is 1.41 bits per heavy atom. The molecule has 0 aliphatic heterocycles. The minimum atomic E-state index is -1.87. The Labute approximate surface area is 140 Å². The SMILES string of the molecule is CCC/C=C/C(=C/C=C(C)C)O[Si](C(C)C)(C(C)C)C(C)C. The molecule has 0 aromatic rings. The van der Waals surface area contributed by atoms with Crippen LogP contribution in [0.2, 0.25) is 16.6 Å². The van der Waals surface area contributed by atoms with Crippen molar-refractivity contribution >= 4 is 8.32 Å². The smallest absolute Gasteiger partial charge is 0.258 e. The van der Waals surface area contributed by atoms with Gasteiger partial charge in [-0.25, -0.2) is 0 Å². The number of hydrogen-bond donors (Lipinski definition) is 0. The summed E-state index contributed by atoms with van der Waals surface area (Å²) < 4.78 is 6.79. The van der Waals surface area contributed by atoms with E-state index in [-0.39, 0.29) is 0 Å². The first-order chi connectivity index (χ1) is 10.2. The van der Waals surface area contributed by atoms with Gasteiger partial charge >= 0.3 is 0 Å². The van der Waals surface area contributed by atoms with Crippen molar-refractivity contribution < 1.29 is 4.43 Å². The van der Waals surface area contributed by atoms with Gasteiger partial charge in [0.25, 0.3) is 8.32 Å². The van der Waals surface area contributed by atoms with E-state index in [1.54, 1.807) is 0 Å². The number of unbranched alkanes of at least 4 members (excludes halogenated alkanes) is 1. The van der Waals surface area contributed by atoms with Gasteiger partial charge < -0.3 is 4.43 Å². The number of allylic oxidation sites excluding steroid dienone is 5. The Balaban J connectivity index is 5.63. The van der Waals surface area contributed by atoms with E-state index < -0.39 is 8.32 Å². The van der Waals surface area contributed by atoms with Crippen molar-refractivity contribution in [2.45, 2.75) is 91.8 Å². The molecule has 0 aliphatic rings. The average molecular weight is 323 g/mol. The third kappa shape index (κ3) is 6.16. The minimum absolute atomic E-state index is 0.599. The van der Waals surface area contributed by atoms with E-state index in [1.807, 2.05) is 0 Å². The van der Waals surface area contributed by atoms with Crippen LogP contribution in [0.5, 0.6) is 0 Å². The van der Waals surface area contributed by atoms with Gasteiger partial charge in [-0.05, 0) is 49.0 Å². The molecule has 0 saturated heterocycles. The molecule has 0 rings (SSSR count). The summed E-state index contributed by atoms with van der Waals surface area (Å²) in [5.74, 6) is 1.04. The van der Waals surface area contributed by atoms with Crippen LogP contribution in [0.15, 0.2) is 35.6 Å². The van der Waals surface area contributed by atoms with E-state index in [2.05, 4.69) is 86.6 Å². The maximum Gasteiger partial charge on any atom is 0.258 e. The van der Waals surface area contributed by atoms with Crippen molar-refractivity contribution in [2.24, 2.45) is 0 Å². The van der Waals surface area contributed by atoms with Crippen LogP contribution in [-0.4, -0.2) is 8.32 Å². The molecule has 0 spiro atoms. The van der Waals surface area contributed by atoms with E-state index in [0.717, 1.165) is 12.2 Å². The monoisotopic (exact) mass is 322 g/mol. The second kappa shape index (κ2) is 10.1. The van der Waals surface area contributed by atoms with Crippen LogP contribution in [0.4, 0.5) is 0 Å². The Bertz CT molecular complexity index is 374. The fourth-order valence-electron chi connectivity index (χ4n) is 3.30. The van der Waals surface area contributed by atoms with Crippen molar-refractivity contribution in [3.05, 3.63) is 35.6 Å². The molecule has 0 N–H and O–H groups in total. The van der Waals surface area contributed by atoms with E-state index in [0.29, 0.717) is 16.6 Å². The topological polar surface area (TPSA) is 9.23 Å². The van der Waals surface area contributed by atoms with E-state index >= 15 is 0 Å². The molecule has 0 bridgehead atoms. The van der Waals surface area contributed by atoms with Gasteiger partial charge in [-0.1, -0.05) is 72.6 Å². The summed E-state index contributed by atoms with van der Waals surface area (Å²) in [4.78, 5) is 0. The first-order valence-electron chi connectivity index (χ1n) is 8.89. The van der Waals surface area contributed by atoms with Gasteiger partial charge in [0.05, 0.1) is 0 Å². The summed E-state index contributed by atoms with van der Waals surface area (Å²) in [6.07, 6.45) is 11.0. The highest BCUT2D eigenvalue weighted by Gasteiger charge is 2.47. The summed E-state index contributed by atoms with van der Waals surface area (Å²) in [6.45, 7) is 20.5. The van der Waals surface area contributed by atoms with Crippen LogP contribution in [0.1, 0.15) is 75.2 Å². The molecule has 0 fully saturated rings. The lowest BCUT2D eigenvalue weighted by molar-refractivity contribution is 0.386. The lowest BCUT2D eigenvalue weighted by atomic mass is 10.2. The van der Waals surface area contributed by atoms with Crippen molar-refractivity contribution in [3.63, 3.8) is 0 Å². The van der Waals surface area contributed by atoms with Crippen molar-refractivity contribution in [1.82, 2.24) is 0 Å². The summed E-state index contributed by atoms with van der Waals surface area (Å²) >= 11 is 0. The lowest BCUT2D eigenvalue weighted by Gasteiger charge is -2.42. The normalized spacial score (nSPS) is 13.5. The van der Waals surface area contributed by atoms with Gasteiger partial charge in [0, 0.05) is 0 Å². The fourth-order valence-corrected chi connectivity index (χ4v) is 8.55. The zero-order valence-electron chi connectivity index (χ0n) is 16.4. The Morgan fingerprint density at radius 3 is 1.77 bits per heavy atom. The first kappa shape index (κ1) is 21.2. The van der Waals surface area contributed by atoms with Crippen LogP contribution in [-0.2, 0) is 4.43 Å². The summed E-state index contributed by atoms with van der Waals surface area (Å²) in [5.41, 5.74) is 3.10. The summed E-state index contributed by atoms with van der Waals surface area (Å²) in [6, 6.07) is 0. The quantitative estimate of drug-likeness (QED) is 0.244. The van der Waals surface area contributed by atoms with Crippen molar-refractivity contribution in [2.75, 3.05) is 0 Å². The van der Waals surface area contributed by atoms with Gasteiger partial charge in [-0.3, -0.25) is 0 Å². The van der Waals surface area contributed by atoms with E-state index in [1.165, 1.54) is 12.0 Å². The summed E-state index contributed by atoms with van der Waals surface area (Å²) in [7, 11) is -1.87. The predicted octanol–water partition coefficient (Wildman–Crippen LogP) is 7.38. The fraction of sp³-hybridized carbons (Fsp3) is 0.700. The summed E-state index contributed by atoms with van der Waals surface area (Å²) in [5, 5.41) is 0. The highest BCUT2D eigenvalue weighted by molar-refractivity contribution is 6.77. The molecular weight excluding hydrogens is 284 g/mol. The Hall–Kier alpha value is -0.763. The molecule has 2 heteroatoms. The number of hydrogen-bond acceptors (Lipinski definition) is 1. The largest absolute Gasteiger partial charge is 0.543 e. The van der Waals surface area contributed by atoms with E-state index in [4.69, 9.17) is 4.43 Å². The molecule has 1 nitrogen and oxygen atoms in total. The van der Waals surface area contributed by atoms with Crippen LogP contribution in [0.25, 0.3) is 0 Å². The first-order valence-corrected chi connectivity index (χ1v) is 11.0. The zero-order chi connectivity index (χ0) is 17.3. The molecule has 22 heavy (non-hydrogen) atoms. The molecule has 0 radical (unpaired) electrons. The molecule has 0 aliphatic carbocycles. The highest BCUT2D eigenvalue weighted by Crippen LogP contribution is 2.43. The lowest BCUT2D eigenvalue weighted by Crippen LogP contribution is -2.47. The van der Waals surface area contributed by atoms with Gasteiger partial charge in [-0.2, -0.15) is 0 Å². The van der Waals surface area contributed by atoms with Crippen LogP contribution in [0, 0.1) is 0 Å². The van der Waals surface area contributed by atoms with Crippen LogP contribution >= 0.6 is 0 Å². The second-order valence-electron chi connectivity index (χ2n) is 7.42. The predicted molar refractivity (Wildman–Crippen MR) is 104 cm³/mol. The average Bonchev–Trinajstić information content (AvgIpc) is 2.39. The molecule has 0 aromatic carbocycles. The highest BCUT2D eigenvalue weighted by atomic mass is 28.4. The van der Waals surface area contributed by atoms with Crippen LogP contribution in [0.3, 0.4) is 0 Å². The standard InChI is InChI=1S/C20H38OSi/c1-10-11-12-13-20(15-14-16(2)3)21-22(17(4)5,18(6)7)19(8)9/h12-15,17-19H,10-11H2,1-9H3/b13-12+,20-15-. The maximum atomic E-state index is 6.79. The van der Waals surface area contributed by atoms with Gasteiger partial charge in [0.1, 0.15) is 5.76 Å². The van der Waals surface area contributed by atoms with Crippen molar-refractivity contribution in [1.29, 1.82) is 0 Å². The molecule has 0 heterocycles. The number of rotatable bonds is 9. The maximum absolute atomic E-state index is 6.79. The molecular formula is C20H38OSi. The zero-order valence-corrected chi connectivity index (χ0v) is 17.4. The second-order valence-corrected chi connectivity index (χ2v) is 12.8. The van der Waals surface area contributed by atoms with Gasteiger partial charge in [0.2, 0.25) is 0 Å². The van der Waals surface area contributed by atoms with Gasteiger partial charge in [0.15, 0.2) is 0 Å². The Kier molecular flexibility index (Phi) is 9.74. The third-order valence-corrected chi connectivity index (χ3v) is 10.3. The molecule has 0 saturated carbocycles. The molecule has 0 amide bonds.